The van der Waals surface area contributed by atoms with E-state index >= 15 is 0 Å². The first kappa shape index (κ1) is 22.9. The normalized spacial score (nSPS) is 6.46. The molecule has 0 unspecified atom stereocenters. The summed E-state index contributed by atoms with van der Waals surface area (Å²) in [5.41, 5.74) is 19.6. The van der Waals surface area contributed by atoms with Gasteiger partial charge < -0.3 is 33.1 Å². The van der Waals surface area contributed by atoms with Crippen LogP contribution in [0.1, 0.15) is 0 Å². The molecule has 0 aliphatic carbocycles. The average molecular weight is 241 g/mol. The Balaban J connectivity index is -0.0000000450. The van der Waals surface area contributed by atoms with E-state index in [1.54, 1.807) is 0 Å². The van der Waals surface area contributed by atoms with Crippen LogP contribution in [-0.2, 0) is 16.8 Å². The zero-order valence-corrected chi connectivity index (χ0v) is 8.31. The van der Waals surface area contributed by atoms with Crippen molar-refractivity contribution in [1.29, 1.82) is 0 Å². The summed E-state index contributed by atoms with van der Waals surface area (Å²) in [5, 5.41) is 13.9. The van der Waals surface area contributed by atoms with Crippen molar-refractivity contribution in [3.63, 3.8) is 0 Å². The summed E-state index contributed by atoms with van der Waals surface area (Å²) in [6, 6.07) is 0. The SMILES string of the molecule is NCCN.NCCN.O=C(O)O.[Co]. The standard InChI is InChI=1S/2C2H8N2.CH2O3.Co/c2*3-1-2-4;2-1(3)4;/h2*1-4H2;(H2,2,3,4);. The Morgan fingerprint density at radius 3 is 0.923 bits per heavy atom. The van der Waals surface area contributed by atoms with Gasteiger partial charge in [-0.1, -0.05) is 0 Å². The fourth-order valence-corrected chi connectivity index (χ4v) is 0. The van der Waals surface area contributed by atoms with E-state index in [9.17, 15) is 0 Å². The molecule has 8 heteroatoms. The van der Waals surface area contributed by atoms with Crippen molar-refractivity contribution in [2.45, 2.75) is 0 Å². The quantitative estimate of drug-likeness (QED) is 0.326. The maximum atomic E-state index is 8.56. The molecule has 0 aliphatic heterocycles. The molecule has 0 spiro atoms. The topological polar surface area (TPSA) is 162 Å². The van der Waals surface area contributed by atoms with Gasteiger partial charge in [-0.25, -0.2) is 4.79 Å². The van der Waals surface area contributed by atoms with Crippen molar-refractivity contribution < 1.29 is 31.8 Å². The molecule has 7 nitrogen and oxygen atoms in total. The van der Waals surface area contributed by atoms with Crippen molar-refractivity contribution in [1.82, 2.24) is 0 Å². The molecule has 0 saturated carbocycles. The molecule has 0 saturated heterocycles. The van der Waals surface area contributed by atoms with Gasteiger partial charge in [0, 0.05) is 43.0 Å². The fourth-order valence-electron chi connectivity index (χ4n) is 0. The van der Waals surface area contributed by atoms with Crippen LogP contribution in [0.25, 0.3) is 0 Å². The molecule has 0 fully saturated rings. The van der Waals surface area contributed by atoms with Crippen molar-refractivity contribution >= 4 is 6.16 Å². The second-order valence-corrected chi connectivity index (χ2v) is 1.44. The number of carboxylic acid groups (broad SMARTS) is 2. The van der Waals surface area contributed by atoms with Crippen LogP contribution in [0, 0.1) is 0 Å². The van der Waals surface area contributed by atoms with Gasteiger partial charge in [0.1, 0.15) is 0 Å². The van der Waals surface area contributed by atoms with Crippen molar-refractivity contribution in [2.24, 2.45) is 22.9 Å². The van der Waals surface area contributed by atoms with Crippen LogP contribution in [0.2, 0.25) is 0 Å². The molecular weight excluding hydrogens is 223 g/mol. The van der Waals surface area contributed by atoms with Gasteiger partial charge in [0.2, 0.25) is 0 Å². The van der Waals surface area contributed by atoms with Gasteiger partial charge in [-0.05, 0) is 0 Å². The Hall–Kier alpha value is -0.384. The molecule has 85 valence electrons. The molecule has 1 radical (unpaired) electrons. The predicted molar refractivity (Wildman–Crippen MR) is 46.9 cm³/mol. The molecule has 13 heavy (non-hydrogen) atoms. The van der Waals surface area contributed by atoms with Gasteiger partial charge in [-0.3, -0.25) is 0 Å². The van der Waals surface area contributed by atoms with Gasteiger partial charge in [0.05, 0.1) is 0 Å². The summed E-state index contributed by atoms with van der Waals surface area (Å²) in [5.74, 6) is 0. The van der Waals surface area contributed by atoms with Crippen LogP contribution in [0.3, 0.4) is 0 Å². The van der Waals surface area contributed by atoms with E-state index in [2.05, 4.69) is 0 Å². The smallest absolute Gasteiger partial charge is 0.450 e. The summed E-state index contributed by atoms with van der Waals surface area (Å²) in [7, 11) is 0. The second kappa shape index (κ2) is 29.9. The minimum absolute atomic E-state index is 0. The maximum absolute atomic E-state index is 8.56. The largest absolute Gasteiger partial charge is 0.503 e. The number of carbonyl (C=O) groups is 1. The summed E-state index contributed by atoms with van der Waals surface area (Å²) in [6.07, 6.45) is -1.83. The predicted octanol–water partition coefficient (Wildman–Crippen LogP) is -1.97. The van der Waals surface area contributed by atoms with E-state index < -0.39 is 6.16 Å². The van der Waals surface area contributed by atoms with Crippen molar-refractivity contribution in [3.8, 4) is 0 Å². The molecule has 0 aliphatic rings. The Kier molecular flexibility index (Phi) is 52.8. The van der Waals surface area contributed by atoms with Crippen LogP contribution in [0.5, 0.6) is 0 Å². The molecule has 0 aromatic heterocycles. The molecule has 0 atom stereocenters. The molecule has 0 rings (SSSR count). The summed E-state index contributed by atoms with van der Waals surface area (Å²) < 4.78 is 0. The van der Waals surface area contributed by atoms with E-state index in [0.717, 1.165) is 0 Å². The molecule has 0 aromatic rings. The van der Waals surface area contributed by atoms with Crippen LogP contribution < -0.4 is 22.9 Å². The Morgan fingerprint density at radius 1 is 0.846 bits per heavy atom. The molecule has 0 aromatic carbocycles. The van der Waals surface area contributed by atoms with Gasteiger partial charge in [-0.2, -0.15) is 0 Å². The van der Waals surface area contributed by atoms with Crippen LogP contribution in [0.4, 0.5) is 4.79 Å². The summed E-state index contributed by atoms with van der Waals surface area (Å²) in [4.78, 5) is 8.56. The van der Waals surface area contributed by atoms with Gasteiger partial charge in [0.15, 0.2) is 0 Å². The third-order valence-electron chi connectivity index (χ3n) is 0.333. The van der Waals surface area contributed by atoms with E-state index in [1.807, 2.05) is 0 Å². The second-order valence-electron chi connectivity index (χ2n) is 1.44. The van der Waals surface area contributed by atoms with Crippen molar-refractivity contribution in [2.75, 3.05) is 26.2 Å². The van der Waals surface area contributed by atoms with E-state index in [4.69, 9.17) is 37.9 Å². The third-order valence-corrected chi connectivity index (χ3v) is 0.333. The van der Waals surface area contributed by atoms with Crippen molar-refractivity contribution in [3.05, 3.63) is 0 Å². The zero-order chi connectivity index (χ0) is 10.4. The molecule has 0 amide bonds. The summed E-state index contributed by atoms with van der Waals surface area (Å²) in [6.45, 7) is 2.39. The molecule has 0 bridgehead atoms. The average Bonchev–Trinajstić information content (AvgIpc) is 2.03. The van der Waals surface area contributed by atoms with E-state index in [-0.39, 0.29) is 16.8 Å². The van der Waals surface area contributed by atoms with Crippen LogP contribution in [-0.4, -0.2) is 42.5 Å². The first-order valence-corrected chi connectivity index (χ1v) is 3.28. The monoisotopic (exact) mass is 241 g/mol. The Morgan fingerprint density at radius 2 is 0.923 bits per heavy atom. The Bertz CT molecular complexity index is 74.2. The number of nitrogens with two attached hydrogens (primary N) is 4. The summed E-state index contributed by atoms with van der Waals surface area (Å²) >= 11 is 0. The minimum atomic E-state index is -1.83. The molecule has 0 heterocycles. The first-order chi connectivity index (χ1) is 5.56. The van der Waals surface area contributed by atoms with Gasteiger partial charge in [-0.15, -0.1) is 0 Å². The number of rotatable bonds is 2. The maximum Gasteiger partial charge on any atom is 0.503 e. The third kappa shape index (κ3) is 411. The first-order valence-electron chi connectivity index (χ1n) is 3.28. The van der Waals surface area contributed by atoms with E-state index in [0.29, 0.717) is 26.2 Å². The molecule has 10 N–H and O–H groups in total. The van der Waals surface area contributed by atoms with E-state index in [1.165, 1.54) is 0 Å². The van der Waals surface area contributed by atoms with Gasteiger partial charge >= 0.3 is 6.16 Å². The number of hydrogen-bond acceptors (Lipinski definition) is 5. The van der Waals surface area contributed by atoms with Gasteiger partial charge in [0.25, 0.3) is 0 Å². The van der Waals surface area contributed by atoms with Crippen LogP contribution in [0.15, 0.2) is 0 Å². The Labute approximate surface area is 87.6 Å². The number of hydrogen-bond donors (Lipinski definition) is 6. The minimum Gasteiger partial charge on any atom is -0.450 e. The van der Waals surface area contributed by atoms with Crippen LogP contribution >= 0.6 is 0 Å². The molecular formula is C5H18CoN4O3. The fraction of sp³-hybridized carbons (Fsp3) is 0.800. The zero-order valence-electron chi connectivity index (χ0n) is 7.27.